The molecule has 0 spiro atoms. The summed E-state index contributed by atoms with van der Waals surface area (Å²) in [4.78, 5) is 17.8. The van der Waals surface area contributed by atoms with Crippen LogP contribution in [0.2, 0.25) is 0 Å². The fourth-order valence-electron chi connectivity index (χ4n) is 5.17. The van der Waals surface area contributed by atoms with E-state index in [4.69, 9.17) is 0 Å². The van der Waals surface area contributed by atoms with Gasteiger partial charge in [0, 0.05) is 18.9 Å². The van der Waals surface area contributed by atoms with E-state index >= 15 is 0 Å². The molecule has 2 aromatic rings. The number of benzene rings is 2. The Balaban J connectivity index is 1.15. The molecule has 0 atom stereocenters. The number of likely N-dealkylation sites (tertiary alicyclic amines) is 2. The molecule has 2 heterocycles. The van der Waals surface area contributed by atoms with Crippen molar-refractivity contribution in [2.45, 2.75) is 64.3 Å². The van der Waals surface area contributed by atoms with Crippen molar-refractivity contribution < 1.29 is 4.79 Å². The first-order valence-corrected chi connectivity index (χ1v) is 12.3. The molecule has 3 heteroatoms. The molecule has 0 N–H and O–H groups in total. The third-order valence-corrected chi connectivity index (χ3v) is 7.13. The van der Waals surface area contributed by atoms with Gasteiger partial charge in [0.05, 0.1) is 0 Å². The molecule has 0 unspecified atom stereocenters. The number of hydrogen-bond acceptors (Lipinski definition) is 3. The van der Waals surface area contributed by atoms with Crippen LogP contribution in [0.25, 0.3) is 11.1 Å². The summed E-state index contributed by atoms with van der Waals surface area (Å²) < 4.78 is 0. The molecule has 0 amide bonds. The number of nitrogens with zero attached hydrogens (tertiary/aromatic N) is 2. The zero-order valence-corrected chi connectivity index (χ0v) is 19.2. The number of carbonyl (C=O) groups is 1. The second kappa shape index (κ2) is 11.1. The lowest BCUT2D eigenvalue weighted by Gasteiger charge is -2.40. The van der Waals surface area contributed by atoms with Crippen molar-refractivity contribution in [3.05, 3.63) is 59.7 Å². The average Bonchev–Trinajstić information content (AvgIpc) is 2.81. The Hall–Kier alpha value is -1.97. The highest BCUT2D eigenvalue weighted by atomic mass is 16.1. The quantitative estimate of drug-likeness (QED) is 0.565. The zero-order chi connectivity index (χ0) is 21.5. The van der Waals surface area contributed by atoms with Crippen LogP contribution < -0.4 is 0 Å². The van der Waals surface area contributed by atoms with Gasteiger partial charge in [-0.2, -0.15) is 0 Å². The molecule has 166 valence electrons. The van der Waals surface area contributed by atoms with Crippen molar-refractivity contribution in [1.29, 1.82) is 0 Å². The summed E-state index contributed by atoms with van der Waals surface area (Å²) in [5.74, 6) is 0.367. The Morgan fingerprint density at radius 2 is 1.45 bits per heavy atom. The van der Waals surface area contributed by atoms with Gasteiger partial charge in [0.25, 0.3) is 0 Å². The lowest BCUT2D eigenvalue weighted by molar-refractivity contribution is -0.118. The van der Waals surface area contributed by atoms with Crippen LogP contribution in [0, 0.1) is 6.92 Å². The normalized spacial score (nSPS) is 18.9. The standard InChI is InChI=1S/C28H38N2O/c1-23-7-11-25(12-8-23)26-13-9-24(10-14-26)22-28(31)6-5-17-29-20-15-27(16-21-29)30-18-3-2-4-19-30/h7-14,27H,2-6,15-22H2,1H3. The molecule has 2 saturated heterocycles. The Morgan fingerprint density at radius 1 is 0.839 bits per heavy atom. The molecule has 2 fully saturated rings. The molecule has 3 nitrogen and oxygen atoms in total. The predicted octanol–water partition coefficient (Wildman–Crippen LogP) is 5.50. The Bertz CT molecular complexity index is 813. The Labute approximate surface area is 188 Å². The van der Waals surface area contributed by atoms with E-state index in [1.54, 1.807) is 0 Å². The van der Waals surface area contributed by atoms with Gasteiger partial charge in [0.15, 0.2) is 0 Å². The van der Waals surface area contributed by atoms with Crippen molar-refractivity contribution >= 4 is 5.78 Å². The van der Waals surface area contributed by atoms with Crippen LogP contribution in [0.3, 0.4) is 0 Å². The van der Waals surface area contributed by atoms with Gasteiger partial charge in [-0.1, -0.05) is 60.5 Å². The van der Waals surface area contributed by atoms with Crippen LogP contribution >= 0.6 is 0 Å². The van der Waals surface area contributed by atoms with E-state index in [1.165, 1.54) is 75.0 Å². The third kappa shape index (κ3) is 6.51. The third-order valence-electron chi connectivity index (χ3n) is 7.13. The van der Waals surface area contributed by atoms with Crippen LogP contribution in [0.1, 0.15) is 56.1 Å². The molecule has 0 aromatic heterocycles. The molecule has 4 rings (SSSR count). The average molecular weight is 419 g/mol. The van der Waals surface area contributed by atoms with Gasteiger partial charge in [-0.15, -0.1) is 0 Å². The first-order chi connectivity index (χ1) is 15.2. The maximum absolute atomic E-state index is 12.5. The second-order valence-electron chi connectivity index (χ2n) is 9.55. The predicted molar refractivity (Wildman–Crippen MR) is 129 cm³/mol. The van der Waals surface area contributed by atoms with Crippen molar-refractivity contribution in [3.8, 4) is 11.1 Å². The van der Waals surface area contributed by atoms with Crippen molar-refractivity contribution in [2.24, 2.45) is 0 Å². The van der Waals surface area contributed by atoms with Crippen LogP contribution in [0.5, 0.6) is 0 Å². The number of aryl methyl sites for hydroxylation is 1. The molecule has 2 aliphatic heterocycles. The minimum Gasteiger partial charge on any atom is -0.303 e. The summed E-state index contributed by atoms with van der Waals surface area (Å²) in [5, 5.41) is 0. The Kier molecular flexibility index (Phi) is 7.93. The molecule has 0 aliphatic carbocycles. The minimum absolute atomic E-state index is 0.367. The van der Waals surface area contributed by atoms with E-state index in [9.17, 15) is 4.79 Å². The van der Waals surface area contributed by atoms with Crippen molar-refractivity contribution in [3.63, 3.8) is 0 Å². The maximum atomic E-state index is 12.5. The summed E-state index contributed by atoms with van der Waals surface area (Å²) in [6.07, 6.45) is 9.06. The molecule has 0 saturated carbocycles. The number of carbonyl (C=O) groups excluding carboxylic acids is 1. The monoisotopic (exact) mass is 418 g/mol. The molecule has 0 radical (unpaired) electrons. The van der Waals surface area contributed by atoms with Crippen LogP contribution in [0.4, 0.5) is 0 Å². The lowest BCUT2D eigenvalue weighted by atomic mass is 9.99. The smallest absolute Gasteiger partial charge is 0.137 e. The van der Waals surface area contributed by atoms with E-state index in [0.29, 0.717) is 18.6 Å². The van der Waals surface area contributed by atoms with Crippen molar-refractivity contribution in [1.82, 2.24) is 9.80 Å². The van der Waals surface area contributed by atoms with Crippen LogP contribution in [0.15, 0.2) is 48.5 Å². The molecule has 2 aliphatic rings. The van der Waals surface area contributed by atoms with Gasteiger partial charge in [-0.25, -0.2) is 0 Å². The lowest BCUT2D eigenvalue weighted by Crippen LogP contribution is -2.46. The fourth-order valence-corrected chi connectivity index (χ4v) is 5.17. The highest BCUT2D eigenvalue weighted by molar-refractivity contribution is 5.81. The number of piperidine rings is 2. The first kappa shape index (κ1) is 22.2. The highest BCUT2D eigenvalue weighted by Gasteiger charge is 2.25. The minimum atomic E-state index is 0.367. The van der Waals surface area contributed by atoms with Gasteiger partial charge < -0.3 is 9.80 Å². The first-order valence-electron chi connectivity index (χ1n) is 12.3. The van der Waals surface area contributed by atoms with E-state index in [2.05, 4.69) is 65.3 Å². The molecular formula is C28H38N2O. The van der Waals surface area contributed by atoms with Crippen molar-refractivity contribution in [2.75, 3.05) is 32.7 Å². The van der Waals surface area contributed by atoms with Gasteiger partial charge in [-0.3, -0.25) is 4.79 Å². The van der Waals surface area contributed by atoms with E-state index in [-0.39, 0.29) is 0 Å². The van der Waals surface area contributed by atoms with E-state index in [0.717, 1.165) is 24.6 Å². The van der Waals surface area contributed by atoms with Crippen LogP contribution in [-0.4, -0.2) is 54.3 Å². The summed E-state index contributed by atoms with van der Waals surface area (Å²) in [5.41, 5.74) is 4.84. The Morgan fingerprint density at radius 3 is 2.10 bits per heavy atom. The number of hydrogen-bond donors (Lipinski definition) is 0. The van der Waals surface area contributed by atoms with Gasteiger partial charge in [-0.05, 0) is 88.4 Å². The number of ketones is 1. The van der Waals surface area contributed by atoms with Gasteiger partial charge in [0.1, 0.15) is 5.78 Å². The summed E-state index contributed by atoms with van der Waals surface area (Å²) in [6.45, 7) is 8.21. The van der Waals surface area contributed by atoms with Crippen LogP contribution in [-0.2, 0) is 11.2 Å². The van der Waals surface area contributed by atoms with E-state index < -0.39 is 0 Å². The molecule has 0 bridgehead atoms. The SMILES string of the molecule is Cc1ccc(-c2ccc(CC(=O)CCCN3CCC(N4CCCCC4)CC3)cc2)cc1. The summed E-state index contributed by atoms with van der Waals surface area (Å²) >= 11 is 0. The molecular weight excluding hydrogens is 380 g/mol. The molecule has 2 aromatic carbocycles. The van der Waals surface area contributed by atoms with Gasteiger partial charge >= 0.3 is 0 Å². The second-order valence-corrected chi connectivity index (χ2v) is 9.55. The van der Waals surface area contributed by atoms with Gasteiger partial charge in [0.2, 0.25) is 0 Å². The summed E-state index contributed by atoms with van der Waals surface area (Å²) in [7, 11) is 0. The van der Waals surface area contributed by atoms with E-state index in [1.807, 2.05) is 0 Å². The number of Topliss-reactive ketones (excluding diaryl/α,β-unsaturated/α-hetero) is 1. The molecule has 31 heavy (non-hydrogen) atoms. The maximum Gasteiger partial charge on any atom is 0.137 e. The number of rotatable bonds is 8. The largest absolute Gasteiger partial charge is 0.303 e. The summed E-state index contributed by atoms with van der Waals surface area (Å²) in [6, 6.07) is 17.9. The highest BCUT2D eigenvalue weighted by Crippen LogP contribution is 2.22. The topological polar surface area (TPSA) is 23.6 Å². The fraction of sp³-hybridized carbons (Fsp3) is 0.536. The zero-order valence-electron chi connectivity index (χ0n) is 19.2.